The van der Waals surface area contributed by atoms with Crippen molar-refractivity contribution in [2.24, 2.45) is 0 Å². The normalized spacial score (nSPS) is 11.2. The van der Waals surface area contributed by atoms with E-state index >= 15 is 0 Å². The van der Waals surface area contributed by atoms with Gasteiger partial charge in [0.05, 0.1) is 5.39 Å². The third-order valence-corrected chi connectivity index (χ3v) is 5.52. The fourth-order valence-corrected chi connectivity index (χ4v) is 4.15. The highest BCUT2D eigenvalue weighted by Gasteiger charge is 2.12. The van der Waals surface area contributed by atoms with Gasteiger partial charge in [-0.1, -0.05) is 41.6 Å². The van der Waals surface area contributed by atoms with Crippen LogP contribution < -0.4 is 5.56 Å². The Bertz CT molecular complexity index is 864. The number of fused-ring (bicyclic) bond motifs is 1. The highest BCUT2D eigenvalue weighted by atomic mass is 32.2. The van der Waals surface area contributed by atoms with Crippen LogP contribution in [0.3, 0.4) is 0 Å². The molecule has 0 aliphatic rings. The number of thioether (sulfide) groups is 1. The zero-order chi connectivity index (χ0) is 15.0. The summed E-state index contributed by atoms with van der Waals surface area (Å²) in [5.74, 6) is 0.805. The smallest absolute Gasteiger partial charge is 0.260 e. The van der Waals surface area contributed by atoms with Gasteiger partial charge in [-0.05, 0) is 31.9 Å². The molecule has 0 bridgehead atoms. The Kier molecular flexibility index (Phi) is 3.87. The molecule has 2 heterocycles. The highest BCUT2D eigenvalue weighted by molar-refractivity contribution is 7.98. The second-order valence-corrected chi connectivity index (χ2v) is 7.28. The first-order valence-corrected chi connectivity index (χ1v) is 8.53. The largest absolute Gasteiger partial charge is 0.301 e. The van der Waals surface area contributed by atoms with Gasteiger partial charge in [0.2, 0.25) is 0 Å². The molecular formula is C16H16N2OS2. The van der Waals surface area contributed by atoms with Gasteiger partial charge in [-0.25, -0.2) is 4.98 Å². The van der Waals surface area contributed by atoms with E-state index in [0.29, 0.717) is 5.16 Å². The molecule has 0 aliphatic heterocycles. The minimum absolute atomic E-state index is 0.0337. The van der Waals surface area contributed by atoms with Crippen molar-refractivity contribution in [2.45, 2.75) is 31.7 Å². The lowest BCUT2D eigenvalue weighted by molar-refractivity contribution is 0.978. The fourth-order valence-electron chi connectivity index (χ4n) is 2.26. The summed E-state index contributed by atoms with van der Waals surface area (Å²) in [4.78, 5) is 21.7. The van der Waals surface area contributed by atoms with E-state index in [4.69, 9.17) is 0 Å². The van der Waals surface area contributed by atoms with Gasteiger partial charge in [-0.2, -0.15) is 0 Å². The summed E-state index contributed by atoms with van der Waals surface area (Å²) in [6.07, 6.45) is 0. The number of H-pyrrole nitrogens is 1. The summed E-state index contributed by atoms with van der Waals surface area (Å²) >= 11 is 3.15. The Morgan fingerprint density at radius 1 is 1.29 bits per heavy atom. The van der Waals surface area contributed by atoms with E-state index in [2.05, 4.69) is 41.2 Å². The predicted octanol–water partition coefficient (Wildman–Crippen LogP) is 4.20. The van der Waals surface area contributed by atoms with Crippen LogP contribution in [0.2, 0.25) is 0 Å². The van der Waals surface area contributed by atoms with Crippen LogP contribution in [0.15, 0.2) is 34.2 Å². The van der Waals surface area contributed by atoms with Crippen LogP contribution in [0.5, 0.6) is 0 Å². The molecule has 21 heavy (non-hydrogen) atoms. The van der Waals surface area contributed by atoms with Crippen molar-refractivity contribution in [3.05, 3.63) is 56.2 Å². The molecule has 5 heteroatoms. The van der Waals surface area contributed by atoms with E-state index in [0.717, 1.165) is 26.4 Å². The third-order valence-electron chi connectivity index (χ3n) is 3.48. The Morgan fingerprint density at radius 2 is 2.10 bits per heavy atom. The molecule has 0 unspecified atom stereocenters. The maximum atomic E-state index is 12.2. The Balaban J connectivity index is 1.90. The SMILES string of the molecule is Cc1cccc(CSc2nc3sc(C)c(C)c3c(=O)[nH]2)c1. The average molecular weight is 316 g/mol. The van der Waals surface area contributed by atoms with Crippen molar-refractivity contribution in [2.75, 3.05) is 0 Å². The van der Waals surface area contributed by atoms with Gasteiger partial charge >= 0.3 is 0 Å². The number of aromatic nitrogens is 2. The second-order valence-electron chi connectivity index (χ2n) is 5.11. The minimum atomic E-state index is -0.0337. The number of aromatic amines is 1. The summed E-state index contributed by atoms with van der Waals surface area (Å²) in [6.45, 7) is 6.09. The lowest BCUT2D eigenvalue weighted by atomic mass is 10.2. The molecule has 0 fully saturated rings. The van der Waals surface area contributed by atoms with Crippen molar-refractivity contribution in [1.29, 1.82) is 0 Å². The van der Waals surface area contributed by atoms with Crippen LogP contribution in [0.1, 0.15) is 21.6 Å². The molecule has 0 radical (unpaired) electrons. The van der Waals surface area contributed by atoms with Gasteiger partial charge in [0, 0.05) is 10.6 Å². The Labute approximate surface area is 131 Å². The lowest BCUT2D eigenvalue weighted by Gasteiger charge is -2.02. The van der Waals surface area contributed by atoms with Crippen molar-refractivity contribution in [3.63, 3.8) is 0 Å². The highest BCUT2D eigenvalue weighted by Crippen LogP contribution is 2.28. The minimum Gasteiger partial charge on any atom is -0.301 e. The van der Waals surface area contributed by atoms with Crippen LogP contribution in [-0.4, -0.2) is 9.97 Å². The molecule has 3 nitrogen and oxygen atoms in total. The maximum absolute atomic E-state index is 12.2. The van der Waals surface area contributed by atoms with Crippen LogP contribution in [-0.2, 0) is 5.75 Å². The maximum Gasteiger partial charge on any atom is 0.260 e. The number of rotatable bonds is 3. The first-order chi connectivity index (χ1) is 10.0. The number of benzene rings is 1. The summed E-state index contributed by atoms with van der Waals surface area (Å²) in [6, 6.07) is 8.38. The molecule has 0 spiro atoms. The Hall–Kier alpha value is -1.59. The monoisotopic (exact) mass is 316 g/mol. The number of aryl methyl sites for hydroxylation is 3. The molecule has 0 saturated heterocycles. The van der Waals surface area contributed by atoms with E-state index in [1.807, 2.05) is 13.8 Å². The van der Waals surface area contributed by atoms with E-state index < -0.39 is 0 Å². The average Bonchev–Trinajstić information content (AvgIpc) is 2.72. The topological polar surface area (TPSA) is 45.8 Å². The third kappa shape index (κ3) is 2.89. The van der Waals surface area contributed by atoms with E-state index in [1.165, 1.54) is 11.1 Å². The standard InChI is InChI=1S/C16H16N2OS2/c1-9-5-4-6-12(7-9)8-20-16-17-14(19)13-10(2)11(3)21-15(13)18-16/h4-7H,8H2,1-3H3,(H,17,18,19). The number of hydrogen-bond donors (Lipinski definition) is 1. The summed E-state index contributed by atoms with van der Waals surface area (Å²) in [5, 5.41) is 1.42. The molecule has 3 aromatic rings. The van der Waals surface area contributed by atoms with Crippen molar-refractivity contribution in [1.82, 2.24) is 9.97 Å². The van der Waals surface area contributed by atoms with Gasteiger partial charge in [0.1, 0.15) is 4.83 Å². The molecule has 1 aromatic carbocycles. The molecule has 1 N–H and O–H groups in total. The first-order valence-electron chi connectivity index (χ1n) is 6.73. The molecular weight excluding hydrogens is 300 g/mol. The number of thiophene rings is 1. The van der Waals surface area contributed by atoms with E-state index in [-0.39, 0.29) is 5.56 Å². The molecule has 0 saturated carbocycles. The van der Waals surface area contributed by atoms with Gasteiger partial charge in [-0.3, -0.25) is 4.79 Å². The van der Waals surface area contributed by atoms with Crippen molar-refractivity contribution in [3.8, 4) is 0 Å². The molecule has 0 aliphatic carbocycles. The second kappa shape index (κ2) is 5.66. The quantitative estimate of drug-likeness (QED) is 0.582. The first kappa shape index (κ1) is 14.4. The summed E-state index contributed by atoms with van der Waals surface area (Å²) in [5.41, 5.74) is 3.49. The van der Waals surface area contributed by atoms with E-state index in [9.17, 15) is 4.79 Å². The molecule has 3 rings (SSSR count). The zero-order valence-corrected chi connectivity index (χ0v) is 13.8. The van der Waals surface area contributed by atoms with Crippen LogP contribution >= 0.6 is 23.1 Å². The molecule has 108 valence electrons. The number of hydrogen-bond acceptors (Lipinski definition) is 4. The number of nitrogens with one attached hydrogen (secondary N) is 1. The van der Waals surface area contributed by atoms with E-state index in [1.54, 1.807) is 23.1 Å². The summed E-state index contributed by atoms with van der Waals surface area (Å²) in [7, 11) is 0. The summed E-state index contributed by atoms with van der Waals surface area (Å²) < 4.78 is 0. The molecule has 0 amide bonds. The lowest BCUT2D eigenvalue weighted by Crippen LogP contribution is -2.08. The number of nitrogens with zero attached hydrogens (tertiary/aromatic N) is 1. The van der Waals surface area contributed by atoms with Crippen molar-refractivity contribution >= 4 is 33.3 Å². The Morgan fingerprint density at radius 3 is 2.86 bits per heavy atom. The van der Waals surface area contributed by atoms with Crippen molar-refractivity contribution < 1.29 is 0 Å². The van der Waals surface area contributed by atoms with Gasteiger partial charge in [0.25, 0.3) is 5.56 Å². The predicted molar refractivity (Wildman–Crippen MR) is 90.5 cm³/mol. The van der Waals surface area contributed by atoms with Gasteiger partial charge in [0.15, 0.2) is 5.16 Å². The molecule has 2 aromatic heterocycles. The van der Waals surface area contributed by atoms with Gasteiger partial charge < -0.3 is 4.98 Å². The zero-order valence-electron chi connectivity index (χ0n) is 12.2. The molecule has 0 atom stereocenters. The van der Waals surface area contributed by atoms with Crippen LogP contribution in [0.4, 0.5) is 0 Å². The van der Waals surface area contributed by atoms with Gasteiger partial charge in [-0.15, -0.1) is 11.3 Å². The van der Waals surface area contributed by atoms with Crippen LogP contribution in [0.25, 0.3) is 10.2 Å². The van der Waals surface area contributed by atoms with Crippen LogP contribution in [0, 0.1) is 20.8 Å². The fraction of sp³-hybridized carbons (Fsp3) is 0.250.